The summed E-state index contributed by atoms with van der Waals surface area (Å²) in [5, 5.41) is 0. The van der Waals surface area contributed by atoms with Crippen molar-refractivity contribution < 1.29 is 9.47 Å². The minimum atomic E-state index is 0.394. The molecule has 2 nitrogen and oxygen atoms in total. The molecular weight excluding hydrogens is 212 g/mol. The van der Waals surface area contributed by atoms with Crippen LogP contribution in [-0.2, 0) is 9.47 Å². The molecule has 1 atom stereocenters. The van der Waals surface area contributed by atoms with Crippen LogP contribution in [0.1, 0.15) is 45.4 Å². The first kappa shape index (κ1) is 14.5. The van der Waals surface area contributed by atoms with E-state index in [1.54, 1.807) is 0 Å². The molecule has 0 N–H and O–H groups in total. The second-order valence-electron chi connectivity index (χ2n) is 4.49. The van der Waals surface area contributed by atoms with E-state index in [1.165, 1.54) is 25.7 Å². The standard InChI is InChI=1S/C15H26O2/c1-2-3-4-5-6-7-8-9-10-11-12-16-13-15-14-17-15/h6-7,9-10,15H,2-5,8,11-14H2,1H3/b7-6-,10-9-. The van der Waals surface area contributed by atoms with Crippen molar-refractivity contribution in [1.82, 2.24) is 0 Å². The first-order valence-electron chi connectivity index (χ1n) is 6.92. The molecule has 1 saturated heterocycles. The van der Waals surface area contributed by atoms with E-state index in [-0.39, 0.29) is 0 Å². The Balaban J connectivity index is 1.77. The number of epoxide rings is 1. The van der Waals surface area contributed by atoms with Crippen LogP contribution in [0.25, 0.3) is 0 Å². The van der Waals surface area contributed by atoms with E-state index in [0.717, 1.165) is 32.7 Å². The number of hydrogen-bond donors (Lipinski definition) is 0. The summed E-state index contributed by atoms with van der Waals surface area (Å²) in [6.07, 6.45) is 16.6. The molecule has 0 saturated carbocycles. The van der Waals surface area contributed by atoms with Crippen LogP contribution >= 0.6 is 0 Å². The highest BCUT2D eigenvalue weighted by molar-refractivity contribution is 4.92. The van der Waals surface area contributed by atoms with Gasteiger partial charge in [-0.2, -0.15) is 0 Å². The fraction of sp³-hybridized carbons (Fsp3) is 0.733. The van der Waals surface area contributed by atoms with Gasteiger partial charge in [0.15, 0.2) is 0 Å². The van der Waals surface area contributed by atoms with E-state index < -0.39 is 0 Å². The summed E-state index contributed by atoms with van der Waals surface area (Å²) in [5.74, 6) is 0. The van der Waals surface area contributed by atoms with Gasteiger partial charge >= 0.3 is 0 Å². The smallest absolute Gasteiger partial charge is 0.104 e. The Bertz CT molecular complexity index is 217. The normalized spacial score (nSPS) is 19.5. The van der Waals surface area contributed by atoms with Crippen molar-refractivity contribution in [3.8, 4) is 0 Å². The molecule has 0 aromatic heterocycles. The minimum Gasteiger partial charge on any atom is -0.378 e. The number of rotatable bonds is 11. The molecule has 1 aliphatic heterocycles. The van der Waals surface area contributed by atoms with Crippen molar-refractivity contribution in [2.75, 3.05) is 19.8 Å². The molecule has 1 rings (SSSR count). The fourth-order valence-electron chi connectivity index (χ4n) is 1.55. The van der Waals surface area contributed by atoms with Gasteiger partial charge in [-0.25, -0.2) is 0 Å². The lowest BCUT2D eigenvalue weighted by atomic mass is 10.2. The molecule has 0 spiro atoms. The predicted molar refractivity (Wildman–Crippen MR) is 72.2 cm³/mol. The highest BCUT2D eigenvalue weighted by atomic mass is 16.6. The van der Waals surface area contributed by atoms with Crippen LogP contribution in [0.5, 0.6) is 0 Å². The third kappa shape index (κ3) is 10.3. The van der Waals surface area contributed by atoms with E-state index in [0.29, 0.717) is 6.10 Å². The number of allylic oxidation sites excluding steroid dienone is 3. The molecule has 0 bridgehead atoms. The Morgan fingerprint density at radius 1 is 1.12 bits per heavy atom. The third-order valence-electron chi connectivity index (χ3n) is 2.71. The molecule has 0 aliphatic carbocycles. The highest BCUT2D eigenvalue weighted by Crippen LogP contribution is 2.08. The van der Waals surface area contributed by atoms with Gasteiger partial charge in [0.05, 0.1) is 19.8 Å². The molecule has 1 fully saturated rings. The van der Waals surface area contributed by atoms with E-state index in [4.69, 9.17) is 9.47 Å². The van der Waals surface area contributed by atoms with Gasteiger partial charge in [0.25, 0.3) is 0 Å². The lowest BCUT2D eigenvalue weighted by Gasteiger charge is -1.97. The maximum absolute atomic E-state index is 5.44. The summed E-state index contributed by atoms with van der Waals surface area (Å²) < 4.78 is 10.5. The van der Waals surface area contributed by atoms with Crippen molar-refractivity contribution in [3.05, 3.63) is 24.3 Å². The molecule has 1 aliphatic rings. The largest absolute Gasteiger partial charge is 0.378 e. The van der Waals surface area contributed by atoms with Gasteiger partial charge in [0.1, 0.15) is 6.10 Å². The molecule has 17 heavy (non-hydrogen) atoms. The van der Waals surface area contributed by atoms with Crippen molar-refractivity contribution in [1.29, 1.82) is 0 Å². The van der Waals surface area contributed by atoms with Crippen LogP contribution < -0.4 is 0 Å². The zero-order chi connectivity index (χ0) is 12.2. The molecule has 0 aromatic carbocycles. The number of ether oxygens (including phenoxy) is 2. The number of unbranched alkanes of at least 4 members (excludes halogenated alkanes) is 3. The average Bonchev–Trinajstić information content (AvgIpc) is 3.15. The third-order valence-corrected chi connectivity index (χ3v) is 2.71. The Hall–Kier alpha value is -0.600. The van der Waals surface area contributed by atoms with Crippen LogP contribution in [-0.4, -0.2) is 25.9 Å². The van der Waals surface area contributed by atoms with Gasteiger partial charge in [-0.3, -0.25) is 0 Å². The van der Waals surface area contributed by atoms with Crippen LogP contribution in [0, 0.1) is 0 Å². The quantitative estimate of drug-likeness (QED) is 0.309. The van der Waals surface area contributed by atoms with E-state index in [2.05, 4.69) is 31.2 Å². The van der Waals surface area contributed by atoms with Crippen molar-refractivity contribution in [2.24, 2.45) is 0 Å². The molecular formula is C15H26O2. The first-order chi connectivity index (χ1) is 8.43. The molecule has 0 aromatic rings. The summed E-state index contributed by atoms with van der Waals surface area (Å²) in [6.45, 7) is 4.71. The van der Waals surface area contributed by atoms with Crippen LogP contribution in [0.2, 0.25) is 0 Å². The van der Waals surface area contributed by atoms with Gasteiger partial charge in [-0.15, -0.1) is 0 Å². The maximum atomic E-state index is 5.44. The van der Waals surface area contributed by atoms with Gasteiger partial charge < -0.3 is 9.47 Å². The fourth-order valence-corrected chi connectivity index (χ4v) is 1.55. The lowest BCUT2D eigenvalue weighted by Crippen LogP contribution is -2.01. The van der Waals surface area contributed by atoms with E-state index >= 15 is 0 Å². The second-order valence-corrected chi connectivity index (χ2v) is 4.49. The van der Waals surface area contributed by atoms with E-state index in [9.17, 15) is 0 Å². The van der Waals surface area contributed by atoms with Crippen LogP contribution in [0.4, 0.5) is 0 Å². The zero-order valence-corrected chi connectivity index (χ0v) is 11.1. The predicted octanol–water partition coefficient (Wildman–Crippen LogP) is 3.87. The average molecular weight is 238 g/mol. The Morgan fingerprint density at radius 2 is 1.88 bits per heavy atom. The number of hydrogen-bond acceptors (Lipinski definition) is 2. The molecule has 1 heterocycles. The monoisotopic (exact) mass is 238 g/mol. The zero-order valence-electron chi connectivity index (χ0n) is 11.1. The molecule has 0 amide bonds. The Kier molecular flexibility index (Phi) is 8.97. The van der Waals surface area contributed by atoms with Crippen molar-refractivity contribution >= 4 is 0 Å². The minimum absolute atomic E-state index is 0.394. The topological polar surface area (TPSA) is 21.8 Å². The summed E-state index contributed by atoms with van der Waals surface area (Å²) in [6, 6.07) is 0. The first-order valence-corrected chi connectivity index (χ1v) is 6.92. The van der Waals surface area contributed by atoms with Crippen LogP contribution in [0.15, 0.2) is 24.3 Å². The Morgan fingerprint density at radius 3 is 2.59 bits per heavy atom. The van der Waals surface area contributed by atoms with Crippen molar-refractivity contribution in [2.45, 2.75) is 51.6 Å². The van der Waals surface area contributed by atoms with Crippen molar-refractivity contribution in [3.63, 3.8) is 0 Å². The van der Waals surface area contributed by atoms with Gasteiger partial charge in [0.2, 0.25) is 0 Å². The van der Waals surface area contributed by atoms with Crippen LogP contribution in [0.3, 0.4) is 0 Å². The second kappa shape index (κ2) is 10.5. The van der Waals surface area contributed by atoms with Gasteiger partial charge in [0, 0.05) is 0 Å². The highest BCUT2D eigenvalue weighted by Gasteiger charge is 2.21. The Labute approximate surface area is 106 Å². The molecule has 2 heteroatoms. The summed E-state index contributed by atoms with van der Waals surface area (Å²) in [5.41, 5.74) is 0. The lowest BCUT2D eigenvalue weighted by molar-refractivity contribution is 0.120. The van der Waals surface area contributed by atoms with Gasteiger partial charge in [-0.1, -0.05) is 44.1 Å². The van der Waals surface area contributed by atoms with Gasteiger partial charge in [-0.05, 0) is 25.7 Å². The summed E-state index contributed by atoms with van der Waals surface area (Å²) >= 11 is 0. The summed E-state index contributed by atoms with van der Waals surface area (Å²) in [7, 11) is 0. The maximum Gasteiger partial charge on any atom is 0.104 e. The molecule has 1 unspecified atom stereocenters. The summed E-state index contributed by atoms with van der Waals surface area (Å²) in [4.78, 5) is 0. The molecule has 0 radical (unpaired) electrons. The molecule has 98 valence electrons. The SMILES string of the molecule is CCCCC/C=C\C/C=C\CCOCC1CO1. The van der Waals surface area contributed by atoms with E-state index in [1.807, 2.05) is 0 Å².